The molecule has 0 saturated heterocycles. The van der Waals surface area contributed by atoms with Gasteiger partial charge in [-0.05, 0) is 18.2 Å². The first-order valence-corrected chi connectivity index (χ1v) is 8.39. The first-order chi connectivity index (χ1) is 9.59. The van der Waals surface area contributed by atoms with Crippen LogP contribution < -0.4 is 5.43 Å². The summed E-state index contributed by atoms with van der Waals surface area (Å²) in [5.74, 6) is 0. The first kappa shape index (κ1) is 15.4. The van der Waals surface area contributed by atoms with E-state index >= 15 is 0 Å². The fourth-order valence-corrected chi connectivity index (χ4v) is 2.59. The molecule has 5 nitrogen and oxygen atoms in total. The number of benzene rings is 1. The van der Waals surface area contributed by atoms with Crippen LogP contribution in [0.4, 0.5) is 0 Å². The monoisotopic (exact) mass is 306 g/mol. The molecule has 112 valence electrons. The van der Waals surface area contributed by atoms with Gasteiger partial charge in [-0.25, -0.2) is 13.1 Å². The van der Waals surface area contributed by atoms with Gasteiger partial charge in [-0.2, -0.15) is 5.10 Å². The molecule has 1 heterocycles. The highest BCUT2D eigenvalue weighted by atomic mass is 32.2. The minimum absolute atomic E-state index is 0.127. The highest BCUT2D eigenvalue weighted by Crippen LogP contribution is 2.18. The van der Waals surface area contributed by atoms with Crippen molar-refractivity contribution in [2.45, 2.75) is 31.1 Å². The highest BCUT2D eigenvalue weighted by molar-refractivity contribution is 7.90. The van der Waals surface area contributed by atoms with Crippen LogP contribution >= 0.6 is 0 Å². The zero-order chi connectivity index (χ0) is 15.8. The smallest absolute Gasteiger partial charge is 0.203 e. The van der Waals surface area contributed by atoms with Crippen LogP contribution in [0, 0.1) is 0 Å². The van der Waals surface area contributed by atoms with Gasteiger partial charge in [-0.15, -0.1) is 0 Å². The Morgan fingerprint density at radius 3 is 2.38 bits per heavy atom. The summed E-state index contributed by atoms with van der Waals surface area (Å²) in [6.45, 7) is 5.73. The quantitative estimate of drug-likeness (QED) is 0.850. The van der Waals surface area contributed by atoms with E-state index in [1.54, 1.807) is 24.4 Å². The molecule has 2 rings (SSSR count). The molecule has 2 aromatic rings. The van der Waals surface area contributed by atoms with Crippen LogP contribution in [0.25, 0.3) is 5.69 Å². The first-order valence-electron chi connectivity index (χ1n) is 6.50. The number of hydrogen-bond acceptors (Lipinski definition) is 4. The maximum absolute atomic E-state index is 11.9. The normalized spacial score (nSPS) is 12.4. The van der Waals surface area contributed by atoms with Gasteiger partial charge in [0.15, 0.2) is 9.84 Å². The molecule has 1 aromatic carbocycles. The zero-order valence-electron chi connectivity index (χ0n) is 12.5. The Morgan fingerprint density at radius 1 is 1.14 bits per heavy atom. The molecule has 0 atom stereocenters. The van der Waals surface area contributed by atoms with E-state index in [0.29, 0.717) is 11.4 Å². The number of nitrogens with zero attached hydrogens (tertiary/aromatic N) is 2. The molecule has 6 heteroatoms. The standard InChI is InChI=1S/C15H18N2O3S/c1-15(2,3)14-13(18)8-9-17(16-14)11-6-5-7-12(10-11)21(4,19)20/h5-10H,1-4H3. The molecule has 0 aliphatic rings. The van der Waals surface area contributed by atoms with Crippen LogP contribution in [0.1, 0.15) is 26.5 Å². The molecule has 1 aromatic heterocycles. The Hall–Kier alpha value is -1.95. The van der Waals surface area contributed by atoms with E-state index in [4.69, 9.17) is 0 Å². The van der Waals surface area contributed by atoms with Crippen molar-refractivity contribution in [1.29, 1.82) is 0 Å². The molecule has 0 bridgehead atoms. The van der Waals surface area contributed by atoms with Gasteiger partial charge in [-0.3, -0.25) is 4.79 Å². The van der Waals surface area contributed by atoms with E-state index in [1.165, 1.54) is 16.8 Å². The lowest BCUT2D eigenvalue weighted by molar-refractivity contribution is 0.541. The minimum Gasteiger partial charge on any atom is -0.288 e. The summed E-state index contributed by atoms with van der Waals surface area (Å²) >= 11 is 0. The topological polar surface area (TPSA) is 69.0 Å². The molecule has 0 spiro atoms. The molecule has 0 unspecified atom stereocenters. The van der Waals surface area contributed by atoms with E-state index in [0.717, 1.165) is 6.26 Å². The van der Waals surface area contributed by atoms with E-state index in [9.17, 15) is 13.2 Å². The van der Waals surface area contributed by atoms with Crippen molar-refractivity contribution < 1.29 is 8.42 Å². The summed E-state index contributed by atoms with van der Waals surface area (Å²) < 4.78 is 24.8. The Bertz CT molecular complexity index is 830. The largest absolute Gasteiger partial charge is 0.288 e. The maximum Gasteiger partial charge on any atom is 0.203 e. The molecule has 0 N–H and O–H groups in total. The fourth-order valence-electron chi connectivity index (χ4n) is 1.93. The van der Waals surface area contributed by atoms with Crippen molar-refractivity contribution in [2.24, 2.45) is 0 Å². The van der Waals surface area contributed by atoms with Crippen molar-refractivity contribution in [3.8, 4) is 5.69 Å². The van der Waals surface area contributed by atoms with Gasteiger partial charge in [-0.1, -0.05) is 26.8 Å². The Morgan fingerprint density at radius 2 is 1.81 bits per heavy atom. The Balaban J connectivity index is 2.61. The minimum atomic E-state index is -3.28. The summed E-state index contributed by atoms with van der Waals surface area (Å²) in [5, 5.41) is 4.35. The summed E-state index contributed by atoms with van der Waals surface area (Å²) in [7, 11) is -3.28. The predicted molar refractivity (Wildman–Crippen MR) is 81.6 cm³/mol. The van der Waals surface area contributed by atoms with Gasteiger partial charge in [0.2, 0.25) is 5.43 Å². The number of aromatic nitrogens is 2. The van der Waals surface area contributed by atoms with Gasteiger partial charge in [0.1, 0.15) is 5.69 Å². The average Bonchev–Trinajstić information content (AvgIpc) is 2.37. The molecule has 0 radical (unpaired) electrons. The second-order valence-corrected chi connectivity index (χ2v) is 8.01. The average molecular weight is 306 g/mol. The number of sulfone groups is 1. The molecular formula is C15H18N2O3S. The van der Waals surface area contributed by atoms with Crippen LogP contribution in [0.5, 0.6) is 0 Å². The van der Waals surface area contributed by atoms with Gasteiger partial charge in [0.25, 0.3) is 0 Å². The second-order valence-electron chi connectivity index (χ2n) is 5.99. The van der Waals surface area contributed by atoms with Crippen molar-refractivity contribution in [3.63, 3.8) is 0 Å². The van der Waals surface area contributed by atoms with Gasteiger partial charge >= 0.3 is 0 Å². The van der Waals surface area contributed by atoms with Gasteiger partial charge in [0, 0.05) is 23.9 Å². The molecule has 0 amide bonds. The second kappa shape index (κ2) is 5.11. The van der Waals surface area contributed by atoms with E-state index in [-0.39, 0.29) is 15.7 Å². The van der Waals surface area contributed by atoms with Gasteiger partial charge in [0.05, 0.1) is 10.6 Å². The summed E-state index contributed by atoms with van der Waals surface area (Å²) in [6.07, 6.45) is 2.70. The van der Waals surface area contributed by atoms with Crippen molar-refractivity contribution in [1.82, 2.24) is 9.78 Å². The molecule has 0 saturated carbocycles. The zero-order valence-corrected chi connectivity index (χ0v) is 13.3. The van der Waals surface area contributed by atoms with Crippen LogP contribution in [0.3, 0.4) is 0 Å². The molecule has 21 heavy (non-hydrogen) atoms. The van der Waals surface area contributed by atoms with E-state index in [2.05, 4.69) is 5.10 Å². The lowest BCUT2D eigenvalue weighted by Crippen LogP contribution is -2.26. The third kappa shape index (κ3) is 3.39. The third-order valence-electron chi connectivity index (χ3n) is 3.03. The van der Waals surface area contributed by atoms with Crippen LogP contribution in [0.15, 0.2) is 46.2 Å². The fraction of sp³-hybridized carbons (Fsp3) is 0.333. The summed E-state index contributed by atoms with van der Waals surface area (Å²) in [4.78, 5) is 12.1. The van der Waals surface area contributed by atoms with E-state index in [1.807, 2.05) is 20.8 Å². The Labute approximate surface area is 124 Å². The third-order valence-corrected chi connectivity index (χ3v) is 4.14. The summed E-state index contributed by atoms with van der Waals surface area (Å²) in [5.41, 5.74) is 0.533. The summed E-state index contributed by atoms with van der Waals surface area (Å²) in [6, 6.07) is 7.92. The lowest BCUT2D eigenvalue weighted by atomic mass is 9.92. The van der Waals surface area contributed by atoms with Crippen LogP contribution in [-0.4, -0.2) is 24.5 Å². The van der Waals surface area contributed by atoms with E-state index < -0.39 is 9.84 Å². The SMILES string of the molecule is CC(C)(C)c1nn(-c2cccc(S(C)(=O)=O)c2)ccc1=O. The molecular weight excluding hydrogens is 288 g/mol. The van der Waals surface area contributed by atoms with Crippen LogP contribution in [0.2, 0.25) is 0 Å². The highest BCUT2D eigenvalue weighted by Gasteiger charge is 2.20. The van der Waals surface area contributed by atoms with Gasteiger partial charge < -0.3 is 0 Å². The predicted octanol–water partition coefficient (Wildman–Crippen LogP) is 1.93. The van der Waals surface area contributed by atoms with Crippen molar-refractivity contribution >= 4 is 9.84 Å². The molecule has 0 fully saturated rings. The van der Waals surface area contributed by atoms with Crippen molar-refractivity contribution in [2.75, 3.05) is 6.26 Å². The number of hydrogen-bond donors (Lipinski definition) is 0. The number of rotatable bonds is 2. The Kier molecular flexibility index (Phi) is 3.76. The van der Waals surface area contributed by atoms with Crippen molar-refractivity contribution in [3.05, 3.63) is 52.4 Å². The maximum atomic E-state index is 11.9. The molecule has 0 aliphatic heterocycles. The van der Waals surface area contributed by atoms with Crippen LogP contribution in [-0.2, 0) is 15.3 Å². The lowest BCUT2D eigenvalue weighted by Gasteiger charge is -2.18. The molecule has 0 aliphatic carbocycles.